The van der Waals surface area contributed by atoms with Crippen molar-refractivity contribution in [1.82, 2.24) is 29.8 Å². The lowest BCUT2D eigenvalue weighted by Gasteiger charge is -2.28. The maximum atomic E-state index is 12.5. The third-order valence-corrected chi connectivity index (χ3v) is 5.60. The van der Waals surface area contributed by atoms with Gasteiger partial charge in [-0.2, -0.15) is 10.1 Å². The zero-order chi connectivity index (χ0) is 18.1. The number of hydrogen-bond donors (Lipinski definition) is 1. The summed E-state index contributed by atoms with van der Waals surface area (Å²) < 4.78 is 7.37. The van der Waals surface area contributed by atoms with Gasteiger partial charge in [0.25, 0.3) is 5.78 Å². The molecule has 0 aliphatic carbocycles. The number of hydrogen-bond acceptors (Lipinski definition) is 6. The third kappa shape index (κ3) is 3.31. The Morgan fingerprint density at radius 3 is 2.92 bits per heavy atom. The number of fused-ring (bicyclic) bond motifs is 1. The van der Waals surface area contributed by atoms with Crippen LogP contribution in [0.3, 0.4) is 0 Å². The molecule has 4 rings (SSSR count). The number of nitrogens with zero attached hydrogens (tertiary/aromatic N) is 5. The molecule has 1 N–H and O–H groups in total. The predicted molar refractivity (Wildman–Crippen MR) is 95.9 cm³/mol. The second-order valence-electron chi connectivity index (χ2n) is 7.25. The number of amides is 1. The Morgan fingerprint density at radius 2 is 2.12 bits per heavy atom. The van der Waals surface area contributed by atoms with E-state index in [4.69, 9.17) is 4.74 Å². The molecule has 8 heteroatoms. The fraction of sp³-hybridized carbons (Fsp3) is 0.667. The molecule has 2 aliphatic rings. The Balaban J connectivity index is 1.38. The zero-order valence-corrected chi connectivity index (χ0v) is 15.4. The number of ether oxygens (including phenoxy) is 1. The van der Waals surface area contributed by atoms with Crippen LogP contribution in [-0.4, -0.2) is 68.8 Å². The molecule has 2 fully saturated rings. The fourth-order valence-electron chi connectivity index (χ4n) is 4.15. The van der Waals surface area contributed by atoms with Crippen LogP contribution in [0.5, 0.6) is 0 Å². The van der Waals surface area contributed by atoms with Crippen molar-refractivity contribution in [3.63, 3.8) is 0 Å². The van der Waals surface area contributed by atoms with Crippen molar-refractivity contribution in [3.8, 4) is 0 Å². The van der Waals surface area contributed by atoms with Crippen LogP contribution in [0.2, 0.25) is 0 Å². The zero-order valence-electron chi connectivity index (χ0n) is 15.4. The highest BCUT2D eigenvalue weighted by molar-refractivity contribution is 5.76. The van der Waals surface area contributed by atoms with Crippen molar-refractivity contribution in [3.05, 3.63) is 23.3 Å². The molecule has 8 nitrogen and oxygen atoms in total. The summed E-state index contributed by atoms with van der Waals surface area (Å²) in [5.74, 6) is 0.673. The van der Waals surface area contributed by atoms with Crippen molar-refractivity contribution in [1.29, 1.82) is 0 Å². The third-order valence-electron chi connectivity index (χ3n) is 5.60. The van der Waals surface area contributed by atoms with E-state index in [2.05, 4.69) is 25.3 Å². The largest absolute Gasteiger partial charge is 0.378 e. The van der Waals surface area contributed by atoms with E-state index >= 15 is 0 Å². The van der Waals surface area contributed by atoms with Gasteiger partial charge in [0.05, 0.1) is 25.3 Å². The average molecular weight is 358 g/mol. The van der Waals surface area contributed by atoms with Crippen molar-refractivity contribution in [2.24, 2.45) is 0 Å². The molecule has 2 aromatic rings. The second kappa shape index (κ2) is 7.28. The van der Waals surface area contributed by atoms with E-state index in [1.807, 2.05) is 13.8 Å². The number of carbonyl (C=O) groups is 1. The Labute approximate surface area is 152 Å². The summed E-state index contributed by atoms with van der Waals surface area (Å²) in [4.78, 5) is 23.6. The van der Waals surface area contributed by atoms with E-state index in [1.54, 1.807) is 4.52 Å². The lowest BCUT2D eigenvalue weighted by molar-refractivity contribution is -0.122. The van der Waals surface area contributed by atoms with Gasteiger partial charge >= 0.3 is 0 Å². The predicted octanol–water partition coefficient (Wildman–Crippen LogP) is 0.653. The van der Waals surface area contributed by atoms with E-state index < -0.39 is 0 Å². The lowest BCUT2D eigenvalue weighted by Crippen LogP contribution is -2.50. The number of aromatic nitrogens is 4. The molecule has 1 amide bonds. The highest BCUT2D eigenvalue weighted by atomic mass is 16.5. The molecule has 0 aromatic carbocycles. The van der Waals surface area contributed by atoms with Crippen molar-refractivity contribution in [2.45, 2.75) is 51.6 Å². The van der Waals surface area contributed by atoms with E-state index in [0.717, 1.165) is 36.6 Å². The highest BCUT2D eigenvalue weighted by Gasteiger charge is 2.35. The molecule has 0 unspecified atom stereocenters. The van der Waals surface area contributed by atoms with Crippen LogP contribution in [0.25, 0.3) is 5.78 Å². The minimum atomic E-state index is 0.0715. The molecule has 2 saturated heterocycles. The quantitative estimate of drug-likeness (QED) is 0.845. The van der Waals surface area contributed by atoms with Gasteiger partial charge in [-0.3, -0.25) is 9.69 Å². The second-order valence-corrected chi connectivity index (χ2v) is 7.25. The first-order chi connectivity index (χ1) is 12.6. The molecule has 26 heavy (non-hydrogen) atoms. The molecule has 4 heterocycles. The molecule has 0 radical (unpaired) electrons. The highest BCUT2D eigenvalue weighted by Crippen LogP contribution is 2.20. The monoisotopic (exact) mass is 358 g/mol. The lowest BCUT2D eigenvalue weighted by atomic mass is 10.1. The van der Waals surface area contributed by atoms with Crippen LogP contribution >= 0.6 is 0 Å². The minimum Gasteiger partial charge on any atom is -0.378 e. The summed E-state index contributed by atoms with van der Waals surface area (Å²) in [5, 5.41) is 7.39. The topological polar surface area (TPSA) is 84.6 Å². The van der Waals surface area contributed by atoms with Gasteiger partial charge in [-0.05, 0) is 51.8 Å². The number of likely N-dealkylation sites (tertiary alicyclic amines) is 1. The summed E-state index contributed by atoms with van der Waals surface area (Å²) in [7, 11) is 0. The van der Waals surface area contributed by atoms with Gasteiger partial charge in [0.1, 0.15) is 6.33 Å². The van der Waals surface area contributed by atoms with Gasteiger partial charge in [0.2, 0.25) is 5.91 Å². The van der Waals surface area contributed by atoms with E-state index in [1.165, 1.54) is 19.2 Å². The van der Waals surface area contributed by atoms with Gasteiger partial charge in [0, 0.05) is 17.8 Å². The van der Waals surface area contributed by atoms with Crippen LogP contribution in [0.4, 0.5) is 0 Å². The maximum absolute atomic E-state index is 12.5. The van der Waals surface area contributed by atoms with Gasteiger partial charge in [0.15, 0.2) is 0 Å². The summed E-state index contributed by atoms with van der Waals surface area (Å²) in [6, 6.07) is 0.414. The summed E-state index contributed by atoms with van der Waals surface area (Å²) >= 11 is 0. The number of aryl methyl sites for hydroxylation is 2. The SMILES string of the molecule is Cc1nc2ncnn2c(C)c1CCC(=O)N[C@@H]1COC[C@H]1N1CCCC1. The Kier molecular flexibility index (Phi) is 4.86. The average Bonchev–Trinajstić information content (AvgIpc) is 3.35. The molecule has 2 aliphatic heterocycles. The molecule has 0 saturated carbocycles. The Bertz CT molecular complexity index is 798. The van der Waals surface area contributed by atoms with Crippen LogP contribution in [0, 0.1) is 13.8 Å². The van der Waals surface area contributed by atoms with Gasteiger partial charge < -0.3 is 10.1 Å². The van der Waals surface area contributed by atoms with Crippen LogP contribution < -0.4 is 5.32 Å². The smallest absolute Gasteiger partial charge is 0.252 e. The van der Waals surface area contributed by atoms with Crippen molar-refractivity contribution < 1.29 is 9.53 Å². The van der Waals surface area contributed by atoms with Gasteiger partial charge in [-0.1, -0.05) is 0 Å². The maximum Gasteiger partial charge on any atom is 0.252 e. The van der Waals surface area contributed by atoms with Gasteiger partial charge in [-0.25, -0.2) is 9.50 Å². The van der Waals surface area contributed by atoms with E-state index in [0.29, 0.717) is 31.3 Å². The number of carbonyl (C=O) groups excluding carboxylic acids is 1. The fourth-order valence-corrected chi connectivity index (χ4v) is 4.15. The first-order valence-electron chi connectivity index (χ1n) is 9.40. The normalized spacial score (nSPS) is 23.8. The molecule has 2 aromatic heterocycles. The standard InChI is InChI=1S/C18H26N6O2/c1-12-14(13(2)24-18(21-12)19-11-20-24)5-6-17(25)22-15-9-26-10-16(15)23-7-3-4-8-23/h11,15-16H,3-10H2,1-2H3,(H,22,25)/t15-,16-/m1/s1. The van der Waals surface area contributed by atoms with Crippen LogP contribution in [-0.2, 0) is 16.0 Å². The molecule has 0 spiro atoms. The van der Waals surface area contributed by atoms with E-state index in [9.17, 15) is 4.79 Å². The minimum absolute atomic E-state index is 0.0715. The van der Waals surface area contributed by atoms with Gasteiger partial charge in [-0.15, -0.1) is 0 Å². The van der Waals surface area contributed by atoms with Crippen LogP contribution in [0.15, 0.2) is 6.33 Å². The molecular formula is C18H26N6O2. The first kappa shape index (κ1) is 17.4. The number of nitrogens with one attached hydrogen (secondary N) is 1. The molecular weight excluding hydrogens is 332 g/mol. The first-order valence-corrected chi connectivity index (χ1v) is 9.40. The Morgan fingerprint density at radius 1 is 1.31 bits per heavy atom. The summed E-state index contributed by atoms with van der Waals surface area (Å²) in [5.41, 5.74) is 2.98. The van der Waals surface area contributed by atoms with Crippen molar-refractivity contribution in [2.75, 3.05) is 26.3 Å². The van der Waals surface area contributed by atoms with E-state index in [-0.39, 0.29) is 11.9 Å². The summed E-state index contributed by atoms with van der Waals surface area (Å²) in [6.45, 7) is 7.51. The number of rotatable bonds is 5. The Hall–Kier alpha value is -2.06. The van der Waals surface area contributed by atoms with Crippen LogP contribution in [0.1, 0.15) is 36.2 Å². The summed E-state index contributed by atoms with van der Waals surface area (Å²) in [6.07, 6.45) is 5.08. The van der Waals surface area contributed by atoms with Crippen molar-refractivity contribution >= 4 is 11.7 Å². The molecule has 0 bridgehead atoms. The molecule has 2 atom stereocenters. The molecule has 140 valence electrons.